The summed E-state index contributed by atoms with van der Waals surface area (Å²) in [5, 5.41) is 0.687. The van der Waals surface area contributed by atoms with Crippen molar-refractivity contribution >= 4 is 11.6 Å². The largest absolute Gasteiger partial charge is 0.491 e. The zero-order chi connectivity index (χ0) is 10.7. The number of rotatable bonds is 5. The van der Waals surface area contributed by atoms with Gasteiger partial charge in [-0.05, 0) is 24.6 Å². The molecule has 0 radical (unpaired) electrons. The minimum absolute atomic E-state index is 0.210. The van der Waals surface area contributed by atoms with Crippen LogP contribution in [0.1, 0.15) is 6.42 Å². The molecule has 1 aromatic rings. The van der Waals surface area contributed by atoms with E-state index in [1.807, 2.05) is 24.3 Å². The van der Waals surface area contributed by atoms with Crippen LogP contribution in [0.25, 0.3) is 0 Å². The molecule has 0 N–H and O–H groups in total. The number of epoxide rings is 1. The Morgan fingerprint density at radius 1 is 1.47 bits per heavy atom. The maximum atomic E-state index is 5.83. The van der Waals surface area contributed by atoms with E-state index in [0.717, 1.165) is 12.2 Å². The highest BCUT2D eigenvalue weighted by atomic mass is 35.5. The smallest absolute Gasteiger partial charge is 0.120 e. The molecule has 0 aliphatic carbocycles. The van der Waals surface area contributed by atoms with E-state index in [0.29, 0.717) is 17.7 Å². The van der Waals surface area contributed by atoms with Gasteiger partial charge in [0, 0.05) is 5.02 Å². The third kappa shape index (κ3) is 2.98. The Morgan fingerprint density at radius 2 is 2.33 bits per heavy atom. The molecule has 3 heteroatoms. The van der Waals surface area contributed by atoms with E-state index in [1.54, 1.807) is 6.07 Å². The second kappa shape index (κ2) is 4.69. The van der Waals surface area contributed by atoms with E-state index < -0.39 is 0 Å². The van der Waals surface area contributed by atoms with Gasteiger partial charge in [0.05, 0.1) is 6.10 Å². The minimum Gasteiger partial charge on any atom is -0.491 e. The average Bonchev–Trinajstić information content (AvgIpc) is 2.95. The van der Waals surface area contributed by atoms with Crippen molar-refractivity contribution in [1.29, 1.82) is 0 Å². The highest BCUT2D eigenvalue weighted by Gasteiger charge is 2.37. The lowest BCUT2D eigenvalue weighted by atomic mass is 10.2. The summed E-state index contributed by atoms with van der Waals surface area (Å²) in [4.78, 5) is 0. The van der Waals surface area contributed by atoms with Crippen molar-refractivity contribution in [2.75, 3.05) is 6.61 Å². The summed E-state index contributed by atoms with van der Waals surface area (Å²) in [6.07, 6.45) is 3.26. The van der Waals surface area contributed by atoms with Gasteiger partial charge in [-0.2, -0.15) is 0 Å². The van der Waals surface area contributed by atoms with E-state index in [4.69, 9.17) is 21.1 Å². The molecular formula is C12H13ClO2. The third-order valence-corrected chi connectivity index (χ3v) is 2.53. The molecule has 0 aromatic heterocycles. The molecule has 0 saturated carbocycles. The second-order valence-corrected chi connectivity index (χ2v) is 3.94. The first kappa shape index (κ1) is 10.5. The average molecular weight is 225 g/mol. The Hall–Kier alpha value is -0.990. The number of hydrogen-bond acceptors (Lipinski definition) is 2. The number of ether oxygens (including phenoxy) is 2. The summed E-state index contributed by atoms with van der Waals surface area (Å²) in [6, 6.07) is 7.37. The summed E-state index contributed by atoms with van der Waals surface area (Å²) in [5.41, 5.74) is 0. The molecule has 1 aliphatic rings. The van der Waals surface area contributed by atoms with Crippen LogP contribution in [0.3, 0.4) is 0 Å². The topological polar surface area (TPSA) is 21.8 Å². The molecule has 0 spiro atoms. The van der Waals surface area contributed by atoms with Crippen molar-refractivity contribution in [3.63, 3.8) is 0 Å². The summed E-state index contributed by atoms with van der Waals surface area (Å²) >= 11 is 5.83. The second-order valence-electron chi connectivity index (χ2n) is 3.51. The van der Waals surface area contributed by atoms with Crippen LogP contribution in [0.5, 0.6) is 5.75 Å². The molecule has 2 rings (SSSR count). The minimum atomic E-state index is 0.210. The molecular weight excluding hydrogens is 212 g/mol. The lowest BCUT2D eigenvalue weighted by molar-refractivity contribution is 0.260. The van der Waals surface area contributed by atoms with Crippen molar-refractivity contribution in [1.82, 2.24) is 0 Å². The van der Waals surface area contributed by atoms with E-state index in [1.165, 1.54) is 0 Å². The predicted molar refractivity (Wildman–Crippen MR) is 60.4 cm³/mol. The molecule has 1 saturated heterocycles. The molecule has 2 nitrogen and oxygen atoms in total. The Labute approximate surface area is 94.5 Å². The third-order valence-electron chi connectivity index (χ3n) is 2.30. The summed E-state index contributed by atoms with van der Waals surface area (Å²) in [7, 11) is 0. The van der Waals surface area contributed by atoms with Crippen molar-refractivity contribution in [3.05, 3.63) is 41.9 Å². The lowest BCUT2D eigenvalue weighted by Gasteiger charge is -2.03. The standard InChI is InChI=1S/C12H13ClO2/c1-2-4-11-12(15-11)8-14-10-6-3-5-9(13)7-10/h2-3,5-7,11-12H,1,4,8H2. The zero-order valence-electron chi connectivity index (χ0n) is 8.36. The Morgan fingerprint density at radius 3 is 3.07 bits per heavy atom. The number of benzene rings is 1. The highest BCUT2D eigenvalue weighted by Crippen LogP contribution is 2.27. The van der Waals surface area contributed by atoms with Crippen LogP contribution in [0.15, 0.2) is 36.9 Å². The Balaban J connectivity index is 1.77. The maximum Gasteiger partial charge on any atom is 0.120 e. The van der Waals surface area contributed by atoms with Crippen LogP contribution < -0.4 is 4.74 Å². The van der Waals surface area contributed by atoms with Gasteiger partial charge in [0.1, 0.15) is 18.5 Å². The SMILES string of the molecule is C=CCC1OC1COc1cccc(Cl)c1. The van der Waals surface area contributed by atoms with Crippen molar-refractivity contribution in [3.8, 4) is 5.75 Å². The van der Waals surface area contributed by atoms with Crippen LogP contribution >= 0.6 is 11.6 Å². The fraction of sp³-hybridized carbons (Fsp3) is 0.333. The van der Waals surface area contributed by atoms with Crippen molar-refractivity contribution in [2.24, 2.45) is 0 Å². The van der Waals surface area contributed by atoms with Crippen molar-refractivity contribution < 1.29 is 9.47 Å². The highest BCUT2D eigenvalue weighted by molar-refractivity contribution is 6.30. The van der Waals surface area contributed by atoms with Gasteiger partial charge in [-0.25, -0.2) is 0 Å². The van der Waals surface area contributed by atoms with Crippen LogP contribution in [0.2, 0.25) is 5.02 Å². The van der Waals surface area contributed by atoms with Gasteiger partial charge < -0.3 is 9.47 Å². The first-order valence-corrected chi connectivity index (χ1v) is 5.32. The van der Waals surface area contributed by atoms with E-state index in [-0.39, 0.29) is 6.10 Å². The van der Waals surface area contributed by atoms with Gasteiger partial charge in [-0.1, -0.05) is 23.7 Å². The van der Waals surface area contributed by atoms with E-state index in [2.05, 4.69) is 6.58 Å². The molecule has 1 aromatic carbocycles. The van der Waals surface area contributed by atoms with Gasteiger partial charge in [0.15, 0.2) is 0 Å². The number of halogens is 1. The predicted octanol–water partition coefficient (Wildman–Crippen LogP) is 3.06. The molecule has 1 heterocycles. The lowest BCUT2D eigenvalue weighted by Crippen LogP contribution is -2.07. The van der Waals surface area contributed by atoms with Gasteiger partial charge in [-0.15, -0.1) is 6.58 Å². The summed E-state index contributed by atoms with van der Waals surface area (Å²) in [5.74, 6) is 0.787. The van der Waals surface area contributed by atoms with Gasteiger partial charge in [0.25, 0.3) is 0 Å². The molecule has 2 atom stereocenters. The molecule has 2 unspecified atom stereocenters. The van der Waals surface area contributed by atoms with Gasteiger partial charge in [-0.3, -0.25) is 0 Å². The van der Waals surface area contributed by atoms with E-state index in [9.17, 15) is 0 Å². The summed E-state index contributed by atoms with van der Waals surface area (Å²) < 4.78 is 10.9. The Bertz CT molecular complexity index is 351. The quantitative estimate of drug-likeness (QED) is 0.567. The first-order chi connectivity index (χ1) is 7.29. The van der Waals surface area contributed by atoms with Gasteiger partial charge >= 0.3 is 0 Å². The summed E-state index contributed by atoms with van der Waals surface area (Å²) in [6.45, 7) is 4.25. The first-order valence-electron chi connectivity index (χ1n) is 4.94. The molecule has 0 bridgehead atoms. The van der Waals surface area contributed by atoms with Crippen molar-refractivity contribution in [2.45, 2.75) is 18.6 Å². The normalized spacial score (nSPS) is 23.5. The van der Waals surface area contributed by atoms with Crippen LogP contribution in [-0.4, -0.2) is 18.8 Å². The molecule has 15 heavy (non-hydrogen) atoms. The molecule has 1 aliphatic heterocycles. The van der Waals surface area contributed by atoms with Gasteiger partial charge in [0.2, 0.25) is 0 Å². The Kier molecular flexibility index (Phi) is 3.29. The fourth-order valence-corrected chi connectivity index (χ4v) is 1.61. The van der Waals surface area contributed by atoms with E-state index >= 15 is 0 Å². The number of hydrogen-bond donors (Lipinski definition) is 0. The van der Waals surface area contributed by atoms with Crippen LogP contribution in [-0.2, 0) is 4.74 Å². The maximum absolute atomic E-state index is 5.83. The molecule has 80 valence electrons. The molecule has 1 fully saturated rings. The molecule has 0 amide bonds. The fourth-order valence-electron chi connectivity index (χ4n) is 1.43. The zero-order valence-corrected chi connectivity index (χ0v) is 9.11. The van der Waals surface area contributed by atoms with Crippen LogP contribution in [0.4, 0.5) is 0 Å². The monoisotopic (exact) mass is 224 g/mol. The van der Waals surface area contributed by atoms with Crippen LogP contribution in [0, 0.1) is 0 Å².